The summed E-state index contributed by atoms with van der Waals surface area (Å²) in [5.41, 5.74) is 4.50. The minimum Gasteiger partial charge on any atom is -0.357 e. The lowest BCUT2D eigenvalue weighted by Gasteiger charge is -2.19. The molecular weight excluding hydrogens is 414 g/mol. The van der Waals surface area contributed by atoms with Crippen LogP contribution < -0.4 is 5.32 Å². The summed E-state index contributed by atoms with van der Waals surface area (Å²) in [7, 11) is 0. The second-order valence-electron chi connectivity index (χ2n) is 8.53. The van der Waals surface area contributed by atoms with E-state index in [0.717, 1.165) is 40.8 Å². The fraction of sp³-hybridized carbons (Fsp3) is 0.280. The van der Waals surface area contributed by atoms with Crippen molar-refractivity contribution in [2.24, 2.45) is 0 Å². The van der Waals surface area contributed by atoms with Crippen LogP contribution in [0.1, 0.15) is 35.8 Å². The van der Waals surface area contributed by atoms with E-state index in [1.54, 1.807) is 29.2 Å². The first-order valence-corrected chi connectivity index (χ1v) is 11.1. The average molecular weight is 440 g/mol. The molecule has 3 aromatic heterocycles. The number of aromatic amines is 1. The van der Waals surface area contributed by atoms with Crippen molar-refractivity contribution in [3.05, 3.63) is 66.2 Å². The molecule has 1 aliphatic heterocycles. The summed E-state index contributed by atoms with van der Waals surface area (Å²) < 4.78 is 1.58. The van der Waals surface area contributed by atoms with E-state index in [4.69, 9.17) is 5.26 Å². The molecule has 1 saturated heterocycles. The molecule has 4 heterocycles. The first-order chi connectivity index (χ1) is 16.1. The van der Waals surface area contributed by atoms with Crippen LogP contribution in [0, 0.1) is 11.3 Å². The molecule has 0 saturated carbocycles. The number of hydrogen-bond acceptors (Lipinski definition) is 5. The quantitative estimate of drug-likeness (QED) is 0.469. The molecule has 5 rings (SSSR count). The maximum atomic E-state index is 12.7. The number of rotatable bonds is 6. The molecule has 0 unspecified atom stereocenters. The largest absolute Gasteiger partial charge is 0.357 e. The van der Waals surface area contributed by atoms with Crippen LogP contribution in [-0.4, -0.2) is 43.1 Å². The SMILES string of the molecule is C[C@H]1CCCN1Cc1cc2cnc(NC(=O)c3ccc(-c4cnn(CC#N)c4)cc3)cc2[nH]1. The van der Waals surface area contributed by atoms with Crippen molar-refractivity contribution in [3.8, 4) is 17.2 Å². The van der Waals surface area contributed by atoms with Crippen LogP contribution in [0.3, 0.4) is 0 Å². The Bertz CT molecular complexity index is 1330. The summed E-state index contributed by atoms with van der Waals surface area (Å²) in [6.45, 7) is 4.52. The molecule has 0 spiro atoms. The smallest absolute Gasteiger partial charge is 0.256 e. The van der Waals surface area contributed by atoms with Gasteiger partial charge in [-0.05, 0) is 50.1 Å². The van der Waals surface area contributed by atoms with Crippen LogP contribution in [0.15, 0.2) is 55.0 Å². The van der Waals surface area contributed by atoms with E-state index in [2.05, 4.69) is 44.3 Å². The summed E-state index contributed by atoms with van der Waals surface area (Å²) in [4.78, 5) is 23.1. The van der Waals surface area contributed by atoms with Gasteiger partial charge in [0.2, 0.25) is 0 Å². The zero-order chi connectivity index (χ0) is 22.8. The van der Waals surface area contributed by atoms with E-state index < -0.39 is 0 Å². The maximum absolute atomic E-state index is 12.7. The Morgan fingerprint density at radius 3 is 2.85 bits per heavy atom. The van der Waals surface area contributed by atoms with E-state index in [1.807, 2.05) is 24.4 Å². The number of hydrogen-bond donors (Lipinski definition) is 2. The number of pyridine rings is 1. The third-order valence-electron chi connectivity index (χ3n) is 6.21. The number of likely N-dealkylation sites (tertiary alicyclic amines) is 1. The van der Waals surface area contributed by atoms with Gasteiger partial charge in [0, 0.05) is 53.3 Å². The molecule has 33 heavy (non-hydrogen) atoms. The number of carbonyl (C=O) groups is 1. The van der Waals surface area contributed by atoms with Gasteiger partial charge < -0.3 is 10.3 Å². The maximum Gasteiger partial charge on any atom is 0.256 e. The Labute approximate surface area is 191 Å². The molecule has 166 valence electrons. The van der Waals surface area contributed by atoms with Crippen LogP contribution in [0.25, 0.3) is 22.0 Å². The van der Waals surface area contributed by atoms with Gasteiger partial charge in [0.25, 0.3) is 5.91 Å². The lowest BCUT2D eigenvalue weighted by Crippen LogP contribution is -2.26. The second kappa shape index (κ2) is 8.88. The summed E-state index contributed by atoms with van der Waals surface area (Å²) in [6.07, 6.45) is 7.82. The van der Waals surface area contributed by atoms with Crippen LogP contribution in [0.5, 0.6) is 0 Å². The molecule has 1 atom stereocenters. The first kappa shape index (κ1) is 20.9. The van der Waals surface area contributed by atoms with E-state index in [0.29, 0.717) is 17.4 Å². The molecule has 1 aliphatic rings. The number of nitrogens with one attached hydrogen (secondary N) is 2. The lowest BCUT2D eigenvalue weighted by molar-refractivity contribution is 0.102. The minimum absolute atomic E-state index is 0.206. The fourth-order valence-corrected chi connectivity index (χ4v) is 4.36. The third kappa shape index (κ3) is 4.49. The van der Waals surface area contributed by atoms with E-state index >= 15 is 0 Å². The number of nitriles is 1. The molecule has 0 radical (unpaired) electrons. The highest BCUT2D eigenvalue weighted by Crippen LogP contribution is 2.23. The highest BCUT2D eigenvalue weighted by Gasteiger charge is 2.20. The molecule has 8 nitrogen and oxygen atoms in total. The summed E-state index contributed by atoms with van der Waals surface area (Å²) in [6, 6.07) is 14.0. The molecule has 0 aliphatic carbocycles. The lowest BCUT2D eigenvalue weighted by atomic mass is 10.1. The Kier molecular flexibility index (Phi) is 5.63. The Hall–Kier alpha value is -3.96. The number of amides is 1. The summed E-state index contributed by atoms with van der Waals surface area (Å²) in [5, 5.41) is 16.9. The first-order valence-electron chi connectivity index (χ1n) is 11.1. The Morgan fingerprint density at radius 2 is 2.09 bits per heavy atom. The predicted octanol–water partition coefficient (Wildman–Crippen LogP) is 4.19. The van der Waals surface area contributed by atoms with Gasteiger partial charge in [0.1, 0.15) is 12.4 Å². The van der Waals surface area contributed by atoms with Gasteiger partial charge >= 0.3 is 0 Å². The molecule has 1 amide bonds. The highest BCUT2D eigenvalue weighted by molar-refractivity contribution is 6.04. The second-order valence-corrected chi connectivity index (χ2v) is 8.53. The van der Waals surface area contributed by atoms with Crippen molar-refractivity contribution in [2.45, 2.75) is 38.9 Å². The van der Waals surface area contributed by atoms with E-state index in [-0.39, 0.29) is 12.5 Å². The number of benzene rings is 1. The van der Waals surface area contributed by atoms with Crippen LogP contribution in [0.2, 0.25) is 0 Å². The van der Waals surface area contributed by atoms with Gasteiger partial charge in [-0.1, -0.05) is 12.1 Å². The topological polar surface area (TPSA) is 103 Å². The van der Waals surface area contributed by atoms with Crippen molar-refractivity contribution in [1.82, 2.24) is 24.6 Å². The van der Waals surface area contributed by atoms with Gasteiger partial charge in [-0.2, -0.15) is 10.4 Å². The molecule has 4 aromatic rings. The molecule has 1 fully saturated rings. The van der Waals surface area contributed by atoms with Gasteiger partial charge in [0.15, 0.2) is 0 Å². The van der Waals surface area contributed by atoms with E-state index in [1.165, 1.54) is 12.8 Å². The number of aromatic nitrogens is 4. The number of H-pyrrole nitrogens is 1. The number of nitrogens with zero attached hydrogens (tertiary/aromatic N) is 5. The van der Waals surface area contributed by atoms with Crippen LogP contribution in [-0.2, 0) is 13.1 Å². The average Bonchev–Trinajstić information content (AvgIpc) is 3.54. The van der Waals surface area contributed by atoms with Crippen molar-refractivity contribution in [2.75, 3.05) is 11.9 Å². The Balaban J connectivity index is 1.26. The zero-order valence-electron chi connectivity index (χ0n) is 18.5. The highest BCUT2D eigenvalue weighted by atomic mass is 16.1. The van der Waals surface area contributed by atoms with Gasteiger partial charge in [-0.25, -0.2) is 4.98 Å². The summed E-state index contributed by atoms with van der Waals surface area (Å²) >= 11 is 0. The van der Waals surface area contributed by atoms with Crippen molar-refractivity contribution in [1.29, 1.82) is 5.26 Å². The molecule has 0 bridgehead atoms. The van der Waals surface area contributed by atoms with Gasteiger partial charge in [0.05, 0.1) is 17.8 Å². The van der Waals surface area contributed by atoms with Crippen molar-refractivity contribution < 1.29 is 4.79 Å². The number of anilines is 1. The fourth-order valence-electron chi connectivity index (χ4n) is 4.36. The molecular formula is C25H25N7O. The van der Waals surface area contributed by atoms with Gasteiger partial charge in [-0.3, -0.25) is 14.4 Å². The predicted molar refractivity (Wildman–Crippen MR) is 126 cm³/mol. The molecule has 1 aromatic carbocycles. The summed E-state index contributed by atoms with van der Waals surface area (Å²) in [5.74, 6) is 0.295. The molecule has 8 heteroatoms. The monoisotopic (exact) mass is 439 g/mol. The van der Waals surface area contributed by atoms with Crippen molar-refractivity contribution in [3.63, 3.8) is 0 Å². The standard InChI is InChI=1S/C25H25N7O/c1-17-3-2-9-31(17)16-22-11-20-13-27-24(12-23(20)29-22)30-25(33)19-6-4-18(5-7-19)21-14-28-32(15-21)10-8-26/h4-7,11-15,17,29H,2-3,9-10,16H2,1H3,(H,27,30,33)/t17-/m0/s1. The molecule has 2 N–H and O–H groups in total. The zero-order valence-corrected chi connectivity index (χ0v) is 18.5. The van der Waals surface area contributed by atoms with Crippen molar-refractivity contribution >= 4 is 22.6 Å². The van der Waals surface area contributed by atoms with E-state index in [9.17, 15) is 4.79 Å². The van der Waals surface area contributed by atoms with Crippen LogP contribution in [0.4, 0.5) is 5.82 Å². The normalized spacial score (nSPS) is 16.2. The van der Waals surface area contributed by atoms with Gasteiger partial charge in [-0.15, -0.1) is 0 Å². The van der Waals surface area contributed by atoms with Crippen LogP contribution >= 0.6 is 0 Å². The Morgan fingerprint density at radius 1 is 1.24 bits per heavy atom. The number of carbonyl (C=O) groups excluding carboxylic acids is 1. The number of fused-ring (bicyclic) bond motifs is 1. The third-order valence-corrected chi connectivity index (χ3v) is 6.21. The minimum atomic E-state index is -0.216.